The lowest BCUT2D eigenvalue weighted by Gasteiger charge is -2.14. The first-order chi connectivity index (χ1) is 6.77. The smallest absolute Gasteiger partial charge is 0.0327 e. The second-order valence-corrected chi connectivity index (χ2v) is 5.39. The molecule has 14 heavy (non-hydrogen) atoms. The van der Waals surface area contributed by atoms with E-state index in [9.17, 15) is 0 Å². The van der Waals surface area contributed by atoms with Crippen LogP contribution in [0.15, 0.2) is 15.9 Å². The van der Waals surface area contributed by atoms with Gasteiger partial charge in [-0.15, -0.1) is 22.9 Å². The van der Waals surface area contributed by atoms with Crippen molar-refractivity contribution in [3.05, 3.63) is 20.8 Å². The van der Waals surface area contributed by atoms with E-state index in [1.165, 1.54) is 9.35 Å². The third-order valence-electron chi connectivity index (χ3n) is 2.19. The van der Waals surface area contributed by atoms with Gasteiger partial charge in [0.25, 0.3) is 0 Å². The predicted octanol–water partition coefficient (Wildman–Crippen LogP) is 4.01. The van der Waals surface area contributed by atoms with Gasteiger partial charge in [-0.25, -0.2) is 0 Å². The molecular formula is C10H15BrClNS. The molecule has 1 N–H and O–H groups in total. The molecule has 0 aromatic carbocycles. The summed E-state index contributed by atoms with van der Waals surface area (Å²) >= 11 is 11.0. The zero-order valence-corrected chi connectivity index (χ0v) is 11.4. The maximum absolute atomic E-state index is 5.72. The summed E-state index contributed by atoms with van der Waals surface area (Å²) in [5, 5.41) is 5.61. The number of rotatable bonds is 6. The number of hydrogen-bond acceptors (Lipinski definition) is 2. The lowest BCUT2D eigenvalue weighted by atomic mass is 10.2. The number of halogens is 2. The molecule has 0 fully saturated rings. The molecule has 0 aliphatic heterocycles. The molecule has 0 radical (unpaired) electrons. The van der Waals surface area contributed by atoms with Crippen LogP contribution in [0.3, 0.4) is 0 Å². The predicted molar refractivity (Wildman–Crippen MR) is 68.3 cm³/mol. The largest absolute Gasteiger partial charge is 0.309 e. The van der Waals surface area contributed by atoms with Crippen LogP contribution in [-0.4, -0.2) is 11.9 Å². The first kappa shape index (κ1) is 12.5. The second kappa shape index (κ2) is 6.83. The van der Waals surface area contributed by atoms with Crippen LogP contribution in [0.4, 0.5) is 0 Å². The summed E-state index contributed by atoms with van der Waals surface area (Å²) in [4.78, 5) is 1.36. The van der Waals surface area contributed by atoms with Gasteiger partial charge >= 0.3 is 0 Å². The van der Waals surface area contributed by atoms with E-state index >= 15 is 0 Å². The average Bonchev–Trinajstić information content (AvgIpc) is 2.59. The quantitative estimate of drug-likeness (QED) is 0.782. The fourth-order valence-electron chi connectivity index (χ4n) is 1.27. The van der Waals surface area contributed by atoms with E-state index in [2.05, 4.69) is 39.6 Å². The summed E-state index contributed by atoms with van der Waals surface area (Å²) in [5.41, 5.74) is 0. The van der Waals surface area contributed by atoms with Crippen molar-refractivity contribution in [2.24, 2.45) is 0 Å². The van der Waals surface area contributed by atoms with Crippen molar-refractivity contribution in [1.82, 2.24) is 5.32 Å². The van der Waals surface area contributed by atoms with Crippen molar-refractivity contribution in [3.8, 4) is 0 Å². The maximum Gasteiger partial charge on any atom is 0.0327 e. The Bertz CT molecular complexity index is 264. The molecule has 1 aromatic rings. The summed E-state index contributed by atoms with van der Waals surface area (Å²) in [6, 6.07) is 2.63. The Morgan fingerprint density at radius 1 is 1.64 bits per heavy atom. The van der Waals surface area contributed by atoms with Crippen molar-refractivity contribution in [2.45, 2.75) is 32.4 Å². The zero-order valence-electron chi connectivity index (χ0n) is 8.22. The van der Waals surface area contributed by atoms with Gasteiger partial charge in [0.15, 0.2) is 0 Å². The Hall–Kier alpha value is 0.430. The Kier molecular flexibility index (Phi) is 6.10. The highest BCUT2D eigenvalue weighted by atomic mass is 79.9. The second-order valence-electron chi connectivity index (χ2n) is 3.16. The van der Waals surface area contributed by atoms with Crippen LogP contribution in [0.25, 0.3) is 0 Å². The van der Waals surface area contributed by atoms with Crippen LogP contribution in [0, 0.1) is 0 Å². The van der Waals surface area contributed by atoms with Gasteiger partial charge in [-0.05, 0) is 40.2 Å². The lowest BCUT2D eigenvalue weighted by Crippen LogP contribution is -2.28. The normalized spacial score (nSPS) is 13.1. The van der Waals surface area contributed by atoms with Crippen LogP contribution >= 0.6 is 38.9 Å². The highest BCUT2D eigenvalue weighted by Crippen LogP contribution is 2.22. The van der Waals surface area contributed by atoms with Crippen molar-refractivity contribution in [1.29, 1.82) is 0 Å². The third kappa shape index (κ3) is 3.89. The lowest BCUT2D eigenvalue weighted by molar-refractivity contribution is 0.488. The molecule has 1 heterocycles. The topological polar surface area (TPSA) is 12.0 Å². The first-order valence-corrected chi connectivity index (χ1v) is 6.99. The summed E-state index contributed by atoms with van der Waals surface area (Å²) in [7, 11) is 0. The maximum atomic E-state index is 5.72. The molecule has 0 aliphatic carbocycles. The molecule has 1 rings (SSSR count). The van der Waals surface area contributed by atoms with Crippen LogP contribution in [0.5, 0.6) is 0 Å². The molecule has 0 spiro atoms. The van der Waals surface area contributed by atoms with Gasteiger partial charge in [0.05, 0.1) is 0 Å². The molecule has 0 saturated heterocycles. The third-order valence-corrected chi connectivity index (χ3v) is 4.34. The minimum atomic E-state index is 0.543. The first-order valence-electron chi connectivity index (χ1n) is 4.79. The van der Waals surface area contributed by atoms with Crippen LogP contribution in [0.2, 0.25) is 0 Å². The molecule has 0 amide bonds. The van der Waals surface area contributed by atoms with Crippen molar-refractivity contribution < 1.29 is 0 Å². The molecule has 0 bridgehead atoms. The van der Waals surface area contributed by atoms with Gasteiger partial charge in [-0.2, -0.15) is 0 Å². The highest BCUT2D eigenvalue weighted by Gasteiger charge is 2.06. The fraction of sp³-hybridized carbons (Fsp3) is 0.600. The Morgan fingerprint density at radius 3 is 2.93 bits per heavy atom. The molecule has 80 valence electrons. The Morgan fingerprint density at radius 2 is 2.43 bits per heavy atom. The van der Waals surface area contributed by atoms with Crippen molar-refractivity contribution >= 4 is 38.9 Å². The molecule has 0 aliphatic rings. The van der Waals surface area contributed by atoms with E-state index in [0.717, 1.165) is 25.3 Å². The zero-order chi connectivity index (χ0) is 10.4. The molecule has 4 heteroatoms. The summed E-state index contributed by atoms with van der Waals surface area (Å²) < 4.78 is 1.20. The minimum absolute atomic E-state index is 0.543. The van der Waals surface area contributed by atoms with Gasteiger partial charge in [0.2, 0.25) is 0 Å². The van der Waals surface area contributed by atoms with Crippen LogP contribution < -0.4 is 5.32 Å². The van der Waals surface area contributed by atoms with E-state index in [-0.39, 0.29) is 0 Å². The standard InChI is InChI=1S/C10H15BrClNS/c1-2-8(3-5-12)13-7-10-9(11)4-6-14-10/h4,6,8,13H,2-3,5,7H2,1H3. The van der Waals surface area contributed by atoms with Crippen molar-refractivity contribution in [3.63, 3.8) is 0 Å². The summed E-state index contributed by atoms with van der Waals surface area (Å²) in [5.74, 6) is 0.733. The average molecular weight is 297 g/mol. The number of thiophene rings is 1. The fourth-order valence-corrected chi connectivity index (χ4v) is 2.98. The molecule has 1 atom stereocenters. The van der Waals surface area contributed by atoms with Crippen LogP contribution in [-0.2, 0) is 6.54 Å². The van der Waals surface area contributed by atoms with E-state index in [1.54, 1.807) is 11.3 Å². The number of alkyl halides is 1. The van der Waals surface area contributed by atoms with Crippen LogP contribution in [0.1, 0.15) is 24.6 Å². The highest BCUT2D eigenvalue weighted by molar-refractivity contribution is 9.10. The molecule has 0 saturated carbocycles. The summed E-state index contributed by atoms with van der Waals surface area (Å²) in [6.07, 6.45) is 2.18. The van der Waals surface area contributed by atoms with E-state index in [1.807, 2.05) is 0 Å². The monoisotopic (exact) mass is 295 g/mol. The molecule has 1 unspecified atom stereocenters. The number of nitrogens with one attached hydrogen (secondary N) is 1. The Balaban J connectivity index is 2.35. The molecular weight excluding hydrogens is 282 g/mol. The van der Waals surface area contributed by atoms with Gasteiger partial charge in [0, 0.05) is 27.8 Å². The van der Waals surface area contributed by atoms with Gasteiger partial charge in [-0.1, -0.05) is 6.92 Å². The molecule has 1 nitrogen and oxygen atoms in total. The van der Waals surface area contributed by atoms with Gasteiger partial charge in [-0.3, -0.25) is 0 Å². The van der Waals surface area contributed by atoms with Crippen molar-refractivity contribution in [2.75, 3.05) is 5.88 Å². The summed E-state index contributed by atoms with van der Waals surface area (Å²) in [6.45, 7) is 3.13. The van der Waals surface area contributed by atoms with E-state index in [4.69, 9.17) is 11.6 Å². The van der Waals surface area contributed by atoms with Gasteiger partial charge in [0.1, 0.15) is 0 Å². The van der Waals surface area contributed by atoms with Gasteiger partial charge < -0.3 is 5.32 Å². The van der Waals surface area contributed by atoms with E-state index < -0.39 is 0 Å². The Labute approximate surface area is 103 Å². The van der Waals surface area contributed by atoms with E-state index in [0.29, 0.717) is 6.04 Å². The SMILES string of the molecule is CCC(CCCl)NCc1sccc1Br. The molecule has 1 aromatic heterocycles. The minimum Gasteiger partial charge on any atom is -0.309 e. The number of hydrogen-bond donors (Lipinski definition) is 1.